The van der Waals surface area contributed by atoms with E-state index in [4.69, 9.17) is 11.6 Å². The van der Waals surface area contributed by atoms with Gasteiger partial charge in [0, 0.05) is 11.1 Å². The zero-order chi connectivity index (χ0) is 11.8. The third kappa shape index (κ3) is 4.54. The Bertz CT molecular complexity index is 299. The summed E-state index contributed by atoms with van der Waals surface area (Å²) in [6.45, 7) is 2.23. The molecule has 1 aromatic rings. The van der Waals surface area contributed by atoms with Crippen molar-refractivity contribution in [3.8, 4) is 0 Å². The molecule has 0 bridgehead atoms. The molecule has 1 atom stereocenters. The van der Waals surface area contributed by atoms with Crippen LogP contribution in [0.3, 0.4) is 0 Å². The molecule has 1 N–H and O–H groups in total. The molecular formula is C14H22ClN. The highest BCUT2D eigenvalue weighted by atomic mass is 35.5. The minimum atomic E-state index is 0.660. The first-order valence-corrected chi connectivity index (χ1v) is 6.56. The average Bonchev–Trinajstić information content (AvgIpc) is 2.30. The van der Waals surface area contributed by atoms with Crippen LogP contribution >= 0.6 is 11.6 Å². The standard InChI is InChI=1S/C14H22ClN/c1-3-7-13(16-2)10-6-9-12-8-4-5-11-14(12)15/h4-5,8,11,13,16H,3,6-7,9-10H2,1-2H3. The van der Waals surface area contributed by atoms with Crippen molar-refractivity contribution in [1.82, 2.24) is 5.32 Å². The number of nitrogens with one attached hydrogen (secondary N) is 1. The van der Waals surface area contributed by atoms with Gasteiger partial charge in [-0.2, -0.15) is 0 Å². The number of benzene rings is 1. The van der Waals surface area contributed by atoms with Crippen LogP contribution in [-0.4, -0.2) is 13.1 Å². The van der Waals surface area contributed by atoms with E-state index in [0.29, 0.717) is 6.04 Å². The van der Waals surface area contributed by atoms with Crippen molar-refractivity contribution >= 4 is 11.6 Å². The number of rotatable bonds is 7. The number of hydrogen-bond donors (Lipinski definition) is 1. The molecule has 0 aliphatic heterocycles. The Balaban J connectivity index is 2.32. The second-order valence-corrected chi connectivity index (χ2v) is 4.67. The fraction of sp³-hybridized carbons (Fsp3) is 0.571. The molecule has 0 aliphatic rings. The lowest BCUT2D eigenvalue weighted by Crippen LogP contribution is -2.24. The maximum absolute atomic E-state index is 6.12. The number of aryl methyl sites for hydroxylation is 1. The minimum absolute atomic E-state index is 0.660. The Morgan fingerprint density at radius 3 is 2.62 bits per heavy atom. The van der Waals surface area contributed by atoms with Gasteiger partial charge in [-0.1, -0.05) is 43.1 Å². The van der Waals surface area contributed by atoms with Gasteiger partial charge >= 0.3 is 0 Å². The Kier molecular flexibility index (Phi) is 6.51. The van der Waals surface area contributed by atoms with E-state index in [1.165, 1.54) is 31.2 Å². The first kappa shape index (κ1) is 13.5. The summed E-state index contributed by atoms with van der Waals surface area (Å²) in [6, 6.07) is 8.80. The third-order valence-electron chi connectivity index (χ3n) is 3.00. The molecule has 1 nitrogen and oxygen atoms in total. The van der Waals surface area contributed by atoms with Crippen molar-refractivity contribution in [2.24, 2.45) is 0 Å². The minimum Gasteiger partial charge on any atom is -0.317 e. The molecule has 0 radical (unpaired) electrons. The number of halogens is 1. The molecule has 16 heavy (non-hydrogen) atoms. The van der Waals surface area contributed by atoms with Crippen LogP contribution < -0.4 is 5.32 Å². The van der Waals surface area contributed by atoms with Gasteiger partial charge in [0.1, 0.15) is 0 Å². The molecule has 0 saturated heterocycles. The first-order valence-electron chi connectivity index (χ1n) is 6.18. The van der Waals surface area contributed by atoms with Crippen LogP contribution in [0, 0.1) is 0 Å². The summed E-state index contributed by atoms with van der Waals surface area (Å²) in [7, 11) is 2.05. The Hall–Kier alpha value is -0.530. The van der Waals surface area contributed by atoms with Crippen LogP contribution in [0.15, 0.2) is 24.3 Å². The van der Waals surface area contributed by atoms with Crippen LogP contribution in [0.4, 0.5) is 0 Å². The van der Waals surface area contributed by atoms with Gasteiger partial charge in [-0.15, -0.1) is 0 Å². The fourth-order valence-corrected chi connectivity index (χ4v) is 2.25. The molecule has 0 fully saturated rings. The third-order valence-corrected chi connectivity index (χ3v) is 3.37. The van der Waals surface area contributed by atoms with Gasteiger partial charge in [0.05, 0.1) is 0 Å². The quantitative estimate of drug-likeness (QED) is 0.757. The van der Waals surface area contributed by atoms with Crippen LogP contribution in [0.1, 0.15) is 38.2 Å². The van der Waals surface area contributed by atoms with E-state index >= 15 is 0 Å². The number of hydrogen-bond acceptors (Lipinski definition) is 1. The molecule has 0 heterocycles. The maximum Gasteiger partial charge on any atom is 0.0437 e. The lowest BCUT2D eigenvalue weighted by Gasteiger charge is -2.14. The van der Waals surface area contributed by atoms with Crippen LogP contribution in [0.5, 0.6) is 0 Å². The van der Waals surface area contributed by atoms with E-state index in [0.717, 1.165) is 11.4 Å². The van der Waals surface area contributed by atoms with E-state index < -0.39 is 0 Å². The van der Waals surface area contributed by atoms with Gasteiger partial charge in [0.15, 0.2) is 0 Å². The second kappa shape index (κ2) is 7.70. The van der Waals surface area contributed by atoms with Gasteiger partial charge in [-0.05, 0) is 44.4 Å². The van der Waals surface area contributed by atoms with E-state index in [-0.39, 0.29) is 0 Å². The summed E-state index contributed by atoms with van der Waals surface area (Å²) < 4.78 is 0. The summed E-state index contributed by atoms with van der Waals surface area (Å²) >= 11 is 6.12. The van der Waals surface area contributed by atoms with E-state index in [2.05, 4.69) is 31.4 Å². The van der Waals surface area contributed by atoms with Gasteiger partial charge in [-0.25, -0.2) is 0 Å². The van der Waals surface area contributed by atoms with Gasteiger partial charge < -0.3 is 5.32 Å². The molecule has 1 aromatic carbocycles. The molecule has 0 amide bonds. The summed E-state index contributed by atoms with van der Waals surface area (Å²) in [6.07, 6.45) is 6.03. The van der Waals surface area contributed by atoms with Crippen molar-refractivity contribution < 1.29 is 0 Å². The van der Waals surface area contributed by atoms with Crippen LogP contribution in [0.25, 0.3) is 0 Å². The molecule has 0 saturated carbocycles. The highest BCUT2D eigenvalue weighted by molar-refractivity contribution is 6.31. The molecule has 1 unspecified atom stereocenters. The van der Waals surface area contributed by atoms with E-state index in [1.807, 2.05) is 12.1 Å². The molecule has 90 valence electrons. The van der Waals surface area contributed by atoms with Crippen molar-refractivity contribution in [2.45, 2.75) is 45.1 Å². The van der Waals surface area contributed by atoms with Gasteiger partial charge in [0.2, 0.25) is 0 Å². The van der Waals surface area contributed by atoms with Crippen molar-refractivity contribution in [3.05, 3.63) is 34.9 Å². The van der Waals surface area contributed by atoms with Crippen molar-refractivity contribution in [2.75, 3.05) is 7.05 Å². The highest BCUT2D eigenvalue weighted by Gasteiger charge is 2.05. The lowest BCUT2D eigenvalue weighted by atomic mass is 10.0. The summed E-state index contributed by atoms with van der Waals surface area (Å²) in [4.78, 5) is 0. The summed E-state index contributed by atoms with van der Waals surface area (Å²) in [5, 5.41) is 4.27. The first-order chi connectivity index (χ1) is 7.77. The van der Waals surface area contributed by atoms with Crippen molar-refractivity contribution in [1.29, 1.82) is 0 Å². The SMILES string of the molecule is CCCC(CCCc1ccccc1Cl)NC. The lowest BCUT2D eigenvalue weighted by molar-refractivity contribution is 0.470. The molecule has 0 aliphatic carbocycles. The van der Waals surface area contributed by atoms with E-state index in [1.54, 1.807) is 0 Å². The summed E-state index contributed by atoms with van der Waals surface area (Å²) in [5.41, 5.74) is 1.27. The normalized spacial score (nSPS) is 12.7. The van der Waals surface area contributed by atoms with E-state index in [9.17, 15) is 0 Å². The molecular weight excluding hydrogens is 218 g/mol. The zero-order valence-electron chi connectivity index (χ0n) is 10.3. The maximum atomic E-state index is 6.12. The zero-order valence-corrected chi connectivity index (χ0v) is 11.1. The largest absolute Gasteiger partial charge is 0.317 e. The Morgan fingerprint density at radius 2 is 2.00 bits per heavy atom. The molecule has 0 spiro atoms. The smallest absolute Gasteiger partial charge is 0.0437 e. The van der Waals surface area contributed by atoms with Crippen LogP contribution in [-0.2, 0) is 6.42 Å². The summed E-state index contributed by atoms with van der Waals surface area (Å²) in [5.74, 6) is 0. The fourth-order valence-electron chi connectivity index (χ4n) is 2.02. The van der Waals surface area contributed by atoms with Crippen LogP contribution in [0.2, 0.25) is 5.02 Å². The topological polar surface area (TPSA) is 12.0 Å². The monoisotopic (exact) mass is 239 g/mol. The Morgan fingerprint density at radius 1 is 1.25 bits per heavy atom. The van der Waals surface area contributed by atoms with Crippen molar-refractivity contribution in [3.63, 3.8) is 0 Å². The molecule has 2 heteroatoms. The molecule has 0 aromatic heterocycles. The van der Waals surface area contributed by atoms with Gasteiger partial charge in [0.25, 0.3) is 0 Å². The Labute approximate surface area is 104 Å². The highest BCUT2D eigenvalue weighted by Crippen LogP contribution is 2.18. The average molecular weight is 240 g/mol. The molecule has 1 rings (SSSR count). The van der Waals surface area contributed by atoms with Gasteiger partial charge in [-0.3, -0.25) is 0 Å². The second-order valence-electron chi connectivity index (χ2n) is 4.26. The predicted octanol–water partition coefficient (Wildman–Crippen LogP) is 4.05. The predicted molar refractivity (Wildman–Crippen MR) is 72.1 cm³/mol.